The van der Waals surface area contributed by atoms with Crippen LogP contribution in [-0.2, 0) is 5.41 Å². The van der Waals surface area contributed by atoms with Gasteiger partial charge in [-0.05, 0) is 29.5 Å². The van der Waals surface area contributed by atoms with E-state index in [0.717, 1.165) is 11.1 Å². The molecule has 0 saturated carbocycles. The Bertz CT molecular complexity index is 428. The van der Waals surface area contributed by atoms with Crippen LogP contribution < -0.4 is 0 Å². The van der Waals surface area contributed by atoms with Crippen molar-refractivity contribution >= 4 is 5.78 Å². The van der Waals surface area contributed by atoms with E-state index in [0.29, 0.717) is 0 Å². The highest BCUT2D eigenvalue weighted by Crippen LogP contribution is 2.28. The van der Waals surface area contributed by atoms with Crippen LogP contribution in [0.1, 0.15) is 63.0 Å². The number of carbonyl (C=O) groups excluding carboxylic acids is 1. The molecule has 1 aromatic rings. The molecule has 0 fully saturated rings. The zero-order valence-electron chi connectivity index (χ0n) is 12.1. The maximum Gasteiger partial charge on any atom is 0.168 e. The van der Waals surface area contributed by atoms with E-state index < -0.39 is 0 Å². The van der Waals surface area contributed by atoms with E-state index in [4.69, 9.17) is 0 Å². The molecule has 17 heavy (non-hydrogen) atoms. The van der Waals surface area contributed by atoms with Gasteiger partial charge in [0.1, 0.15) is 0 Å². The second-order valence-corrected chi connectivity index (χ2v) is 6.86. The molecule has 1 nitrogen and oxygen atoms in total. The predicted molar refractivity (Wildman–Crippen MR) is 73.7 cm³/mol. The minimum atomic E-state index is -0.318. The lowest BCUT2D eigenvalue weighted by Crippen LogP contribution is -2.22. The van der Waals surface area contributed by atoms with Gasteiger partial charge in [0.15, 0.2) is 5.78 Å². The van der Waals surface area contributed by atoms with Crippen molar-refractivity contribution in [2.24, 2.45) is 5.41 Å². The molecule has 0 aliphatic rings. The summed E-state index contributed by atoms with van der Waals surface area (Å²) in [7, 11) is 0. The zero-order chi connectivity index (χ0) is 13.4. The molecular formula is C16H24O. The first-order valence-electron chi connectivity index (χ1n) is 6.19. The van der Waals surface area contributed by atoms with Crippen LogP contribution in [0.4, 0.5) is 0 Å². The van der Waals surface area contributed by atoms with E-state index >= 15 is 0 Å². The number of aryl methyl sites for hydroxylation is 1. The third-order valence-corrected chi connectivity index (χ3v) is 3.03. The van der Waals surface area contributed by atoms with Gasteiger partial charge in [-0.25, -0.2) is 0 Å². The molecule has 0 radical (unpaired) electrons. The molecule has 1 aromatic carbocycles. The van der Waals surface area contributed by atoms with Gasteiger partial charge in [-0.15, -0.1) is 0 Å². The minimum absolute atomic E-state index is 0.0839. The van der Waals surface area contributed by atoms with E-state index in [-0.39, 0.29) is 16.6 Å². The van der Waals surface area contributed by atoms with Gasteiger partial charge in [0.2, 0.25) is 0 Å². The Morgan fingerprint density at radius 2 is 1.53 bits per heavy atom. The number of hydrogen-bond acceptors (Lipinski definition) is 1. The summed E-state index contributed by atoms with van der Waals surface area (Å²) in [6.45, 7) is 14.4. The average molecular weight is 232 g/mol. The fourth-order valence-electron chi connectivity index (χ4n) is 1.74. The summed E-state index contributed by atoms with van der Waals surface area (Å²) in [5.41, 5.74) is 2.92. The first-order chi connectivity index (χ1) is 7.53. The molecule has 1 rings (SSSR count). The van der Waals surface area contributed by atoms with E-state index in [2.05, 4.69) is 39.0 Å². The van der Waals surface area contributed by atoms with Crippen LogP contribution in [-0.4, -0.2) is 5.78 Å². The Morgan fingerprint density at radius 3 is 1.94 bits per heavy atom. The van der Waals surface area contributed by atoms with Gasteiger partial charge in [-0.1, -0.05) is 53.7 Å². The van der Waals surface area contributed by atoms with Crippen molar-refractivity contribution in [1.82, 2.24) is 0 Å². The van der Waals surface area contributed by atoms with Crippen LogP contribution in [0.2, 0.25) is 0 Å². The summed E-state index contributed by atoms with van der Waals surface area (Å²) < 4.78 is 0. The molecule has 0 heterocycles. The van der Waals surface area contributed by atoms with Crippen LogP contribution in [0.5, 0.6) is 0 Å². The van der Waals surface area contributed by atoms with Crippen molar-refractivity contribution in [3.63, 3.8) is 0 Å². The van der Waals surface area contributed by atoms with E-state index in [1.54, 1.807) is 0 Å². The van der Waals surface area contributed by atoms with Crippen LogP contribution in [0.15, 0.2) is 18.2 Å². The van der Waals surface area contributed by atoms with Crippen molar-refractivity contribution in [1.29, 1.82) is 0 Å². The molecule has 0 N–H and O–H groups in total. The summed E-state index contributed by atoms with van der Waals surface area (Å²) >= 11 is 0. The number of ketones is 1. The first kappa shape index (κ1) is 14.0. The molecular weight excluding hydrogens is 208 g/mol. The quantitative estimate of drug-likeness (QED) is 0.650. The molecule has 94 valence electrons. The second kappa shape index (κ2) is 4.29. The fraction of sp³-hybridized carbons (Fsp3) is 0.562. The molecule has 0 unspecified atom stereocenters. The Labute approximate surface area is 105 Å². The number of carbonyl (C=O) groups is 1. The van der Waals surface area contributed by atoms with Gasteiger partial charge in [0.25, 0.3) is 0 Å². The largest absolute Gasteiger partial charge is 0.294 e. The molecule has 0 amide bonds. The molecule has 1 heteroatoms. The third kappa shape index (κ3) is 3.18. The summed E-state index contributed by atoms with van der Waals surface area (Å²) in [6.07, 6.45) is 0. The highest BCUT2D eigenvalue weighted by molar-refractivity contribution is 6.01. The summed E-state index contributed by atoms with van der Waals surface area (Å²) in [4.78, 5) is 12.4. The highest BCUT2D eigenvalue weighted by atomic mass is 16.1. The van der Waals surface area contributed by atoms with Crippen molar-refractivity contribution in [3.8, 4) is 0 Å². The molecule has 0 saturated heterocycles. The number of Topliss-reactive ketones (excluding diaryl/α,β-unsaturated/α-hetero) is 1. The number of benzene rings is 1. The molecule has 0 aromatic heterocycles. The number of rotatable bonds is 1. The Morgan fingerprint density at radius 1 is 1.00 bits per heavy atom. The fourth-order valence-corrected chi connectivity index (χ4v) is 1.74. The highest BCUT2D eigenvalue weighted by Gasteiger charge is 2.25. The lowest BCUT2D eigenvalue weighted by molar-refractivity contribution is 0.0857. The van der Waals surface area contributed by atoms with E-state index in [1.807, 2.05) is 27.7 Å². The average Bonchev–Trinajstić information content (AvgIpc) is 2.14. The second-order valence-electron chi connectivity index (χ2n) is 6.86. The lowest BCUT2D eigenvalue weighted by atomic mass is 9.80. The van der Waals surface area contributed by atoms with Gasteiger partial charge in [-0.2, -0.15) is 0 Å². The molecule has 0 atom stereocenters. The SMILES string of the molecule is Cc1ccc(C(C)(C)C)cc1C(=O)C(C)(C)C. The van der Waals surface area contributed by atoms with Gasteiger partial charge in [0, 0.05) is 11.0 Å². The van der Waals surface area contributed by atoms with Crippen molar-refractivity contribution in [3.05, 3.63) is 34.9 Å². The maximum atomic E-state index is 12.4. The normalized spacial score (nSPS) is 12.6. The van der Waals surface area contributed by atoms with Gasteiger partial charge < -0.3 is 0 Å². The number of hydrogen-bond donors (Lipinski definition) is 0. The van der Waals surface area contributed by atoms with Crippen LogP contribution in [0.3, 0.4) is 0 Å². The van der Waals surface area contributed by atoms with E-state index in [9.17, 15) is 4.79 Å². The monoisotopic (exact) mass is 232 g/mol. The lowest BCUT2D eigenvalue weighted by Gasteiger charge is -2.23. The summed E-state index contributed by atoms with van der Waals surface area (Å²) in [6, 6.07) is 6.23. The predicted octanol–water partition coefficient (Wildman–Crippen LogP) is 4.52. The molecule has 0 spiro atoms. The summed E-state index contributed by atoms with van der Waals surface area (Å²) in [5.74, 6) is 0.223. The molecule has 0 bridgehead atoms. The van der Waals surface area contributed by atoms with Crippen molar-refractivity contribution in [2.75, 3.05) is 0 Å². The summed E-state index contributed by atoms with van der Waals surface area (Å²) in [5, 5.41) is 0. The Balaban J connectivity index is 3.30. The Hall–Kier alpha value is -1.11. The Kier molecular flexibility index (Phi) is 3.52. The zero-order valence-corrected chi connectivity index (χ0v) is 12.1. The molecule has 0 aliphatic carbocycles. The maximum absolute atomic E-state index is 12.4. The molecule has 0 aliphatic heterocycles. The van der Waals surface area contributed by atoms with Crippen molar-refractivity contribution < 1.29 is 4.79 Å². The van der Waals surface area contributed by atoms with Crippen LogP contribution in [0, 0.1) is 12.3 Å². The standard InChI is InChI=1S/C16H24O/c1-11-8-9-12(15(2,3)4)10-13(11)14(17)16(5,6)7/h8-10H,1-7H3. The minimum Gasteiger partial charge on any atom is -0.294 e. The van der Waals surface area contributed by atoms with Gasteiger partial charge in [-0.3, -0.25) is 4.79 Å². The van der Waals surface area contributed by atoms with Gasteiger partial charge in [0.05, 0.1) is 0 Å². The van der Waals surface area contributed by atoms with Crippen molar-refractivity contribution in [2.45, 2.75) is 53.9 Å². The van der Waals surface area contributed by atoms with Crippen LogP contribution >= 0.6 is 0 Å². The smallest absolute Gasteiger partial charge is 0.168 e. The third-order valence-electron chi connectivity index (χ3n) is 3.03. The first-order valence-corrected chi connectivity index (χ1v) is 6.19. The van der Waals surface area contributed by atoms with Gasteiger partial charge >= 0.3 is 0 Å². The topological polar surface area (TPSA) is 17.1 Å². The van der Waals surface area contributed by atoms with Crippen LogP contribution in [0.25, 0.3) is 0 Å². The van der Waals surface area contributed by atoms with E-state index in [1.165, 1.54) is 5.56 Å².